The van der Waals surface area contributed by atoms with E-state index in [0.29, 0.717) is 42.0 Å². The minimum absolute atomic E-state index is 0.0376. The van der Waals surface area contributed by atoms with Gasteiger partial charge in [-0.25, -0.2) is 13.2 Å². The maximum absolute atomic E-state index is 13.5. The van der Waals surface area contributed by atoms with Crippen LogP contribution in [0, 0.1) is 17.8 Å². The standard InChI is InChI=1S/C28H37N3O5S/c1-17-6-5-9-23(18(17)2)30-27(32)19-12-14-31(15-13-19)37(35,36)20-10-11-25-22(16-20)26(28(33)34)21-7-3-4-8-24(21)29-25/h10-11,16-19,23H,3-9,12-15H2,1-2H3,(H,30,32)(H,33,34). The molecule has 1 aliphatic heterocycles. The largest absolute Gasteiger partial charge is 0.478 e. The normalized spacial score (nSPS) is 25.5. The van der Waals surface area contributed by atoms with Crippen molar-refractivity contribution >= 4 is 32.8 Å². The lowest BCUT2D eigenvalue weighted by Crippen LogP contribution is -2.48. The number of amides is 1. The molecule has 1 saturated carbocycles. The second-order valence-corrected chi connectivity index (χ2v) is 13.1. The molecular weight excluding hydrogens is 490 g/mol. The number of hydrogen-bond donors (Lipinski definition) is 2. The van der Waals surface area contributed by atoms with Crippen molar-refractivity contribution < 1.29 is 23.1 Å². The van der Waals surface area contributed by atoms with Gasteiger partial charge >= 0.3 is 5.97 Å². The Bertz CT molecular complexity index is 1320. The topological polar surface area (TPSA) is 117 Å². The summed E-state index contributed by atoms with van der Waals surface area (Å²) in [6, 6.07) is 4.81. The van der Waals surface area contributed by atoms with Crippen molar-refractivity contribution in [3.63, 3.8) is 0 Å². The van der Waals surface area contributed by atoms with Gasteiger partial charge in [0.25, 0.3) is 0 Å². The molecule has 2 N–H and O–H groups in total. The lowest BCUT2D eigenvalue weighted by atomic mass is 9.78. The fourth-order valence-electron chi connectivity index (χ4n) is 6.40. The van der Waals surface area contributed by atoms with Gasteiger partial charge in [0.1, 0.15) is 0 Å². The maximum atomic E-state index is 13.5. The zero-order valence-electron chi connectivity index (χ0n) is 21.7. The molecule has 1 aromatic carbocycles. The second-order valence-electron chi connectivity index (χ2n) is 11.2. The highest BCUT2D eigenvalue weighted by Gasteiger charge is 2.35. The van der Waals surface area contributed by atoms with E-state index in [1.54, 1.807) is 6.07 Å². The Balaban J connectivity index is 1.32. The van der Waals surface area contributed by atoms with Crippen molar-refractivity contribution in [3.05, 3.63) is 35.0 Å². The van der Waals surface area contributed by atoms with Gasteiger partial charge in [0, 0.05) is 36.1 Å². The molecule has 1 saturated heterocycles. The Labute approximate surface area is 218 Å². The highest BCUT2D eigenvalue weighted by molar-refractivity contribution is 7.89. The third kappa shape index (κ3) is 5.00. The van der Waals surface area contributed by atoms with Crippen LogP contribution in [0.2, 0.25) is 0 Å². The third-order valence-electron chi connectivity index (χ3n) is 8.94. The van der Waals surface area contributed by atoms with Gasteiger partial charge in [-0.2, -0.15) is 4.31 Å². The van der Waals surface area contributed by atoms with E-state index in [1.165, 1.54) is 22.9 Å². The number of sulfonamides is 1. The predicted molar refractivity (Wildman–Crippen MR) is 141 cm³/mol. The van der Waals surface area contributed by atoms with E-state index in [9.17, 15) is 23.1 Å². The number of piperidine rings is 1. The van der Waals surface area contributed by atoms with E-state index in [4.69, 9.17) is 0 Å². The summed E-state index contributed by atoms with van der Waals surface area (Å²) in [5, 5.41) is 13.6. The van der Waals surface area contributed by atoms with Gasteiger partial charge in [-0.15, -0.1) is 0 Å². The number of pyridine rings is 1. The number of benzene rings is 1. The SMILES string of the molecule is CC1CCCC(NC(=O)C2CCN(S(=O)(=O)c3ccc4nc5c(c(C(=O)O)c4c3)CCCC5)CC2)C1C. The van der Waals surface area contributed by atoms with Crippen LogP contribution >= 0.6 is 0 Å². The molecule has 0 radical (unpaired) electrons. The monoisotopic (exact) mass is 527 g/mol. The van der Waals surface area contributed by atoms with Crippen molar-refractivity contribution in [2.24, 2.45) is 17.8 Å². The number of aromatic nitrogens is 1. The number of nitrogens with zero attached hydrogens (tertiary/aromatic N) is 2. The smallest absolute Gasteiger partial charge is 0.336 e. The lowest BCUT2D eigenvalue weighted by Gasteiger charge is -2.36. The molecule has 8 nitrogen and oxygen atoms in total. The molecule has 1 aromatic heterocycles. The Kier molecular flexibility index (Phi) is 7.29. The number of hydrogen-bond acceptors (Lipinski definition) is 5. The number of rotatable bonds is 5. The van der Waals surface area contributed by atoms with Crippen LogP contribution in [-0.4, -0.2) is 53.8 Å². The molecule has 2 aliphatic carbocycles. The molecule has 5 rings (SSSR count). The van der Waals surface area contributed by atoms with Crippen LogP contribution in [0.5, 0.6) is 0 Å². The summed E-state index contributed by atoms with van der Waals surface area (Å²) < 4.78 is 28.5. The first kappa shape index (κ1) is 26.1. The zero-order chi connectivity index (χ0) is 26.3. The van der Waals surface area contributed by atoms with Crippen molar-refractivity contribution in [3.8, 4) is 0 Å². The quantitative estimate of drug-likeness (QED) is 0.603. The van der Waals surface area contributed by atoms with Gasteiger partial charge in [-0.05, 0) is 80.5 Å². The first-order chi connectivity index (χ1) is 17.7. The van der Waals surface area contributed by atoms with Crippen LogP contribution in [0.25, 0.3) is 10.9 Å². The van der Waals surface area contributed by atoms with Crippen LogP contribution in [-0.2, 0) is 27.7 Å². The Hall–Kier alpha value is -2.52. The van der Waals surface area contributed by atoms with Crippen molar-refractivity contribution in [2.75, 3.05) is 13.1 Å². The number of carboxylic acid groups (broad SMARTS) is 1. The van der Waals surface area contributed by atoms with Crippen LogP contribution in [0.4, 0.5) is 0 Å². The molecule has 2 fully saturated rings. The van der Waals surface area contributed by atoms with E-state index in [-0.39, 0.29) is 41.4 Å². The molecular formula is C28H37N3O5S. The number of carboxylic acids is 1. The van der Waals surface area contributed by atoms with Crippen molar-refractivity contribution in [1.29, 1.82) is 0 Å². The third-order valence-corrected chi connectivity index (χ3v) is 10.8. The Morgan fingerprint density at radius 3 is 2.49 bits per heavy atom. The first-order valence-corrected chi connectivity index (χ1v) is 15.1. The zero-order valence-corrected chi connectivity index (χ0v) is 22.5. The molecule has 2 heterocycles. The van der Waals surface area contributed by atoms with Crippen molar-refractivity contribution in [1.82, 2.24) is 14.6 Å². The van der Waals surface area contributed by atoms with E-state index >= 15 is 0 Å². The maximum Gasteiger partial charge on any atom is 0.336 e. The molecule has 3 aliphatic rings. The van der Waals surface area contributed by atoms with E-state index in [0.717, 1.165) is 43.4 Å². The van der Waals surface area contributed by atoms with Gasteiger partial charge in [0.2, 0.25) is 15.9 Å². The summed E-state index contributed by atoms with van der Waals surface area (Å²) in [6.07, 6.45) is 7.55. The number of nitrogens with one attached hydrogen (secondary N) is 1. The average molecular weight is 528 g/mol. The van der Waals surface area contributed by atoms with Gasteiger partial charge in [-0.3, -0.25) is 9.78 Å². The summed E-state index contributed by atoms with van der Waals surface area (Å²) in [4.78, 5) is 29.9. The fraction of sp³-hybridized carbons (Fsp3) is 0.607. The van der Waals surface area contributed by atoms with Gasteiger partial charge in [0.15, 0.2) is 0 Å². The molecule has 37 heavy (non-hydrogen) atoms. The van der Waals surface area contributed by atoms with Crippen LogP contribution in [0.3, 0.4) is 0 Å². The van der Waals surface area contributed by atoms with Crippen LogP contribution < -0.4 is 5.32 Å². The Morgan fingerprint density at radius 1 is 1.03 bits per heavy atom. The molecule has 200 valence electrons. The molecule has 0 spiro atoms. The van der Waals surface area contributed by atoms with Gasteiger partial charge in [0.05, 0.1) is 16.0 Å². The van der Waals surface area contributed by atoms with Crippen LogP contribution in [0.1, 0.15) is 80.4 Å². The van der Waals surface area contributed by atoms with Crippen LogP contribution in [0.15, 0.2) is 23.1 Å². The number of carbonyl (C=O) groups is 2. The minimum atomic E-state index is -3.83. The number of aryl methyl sites for hydroxylation is 1. The van der Waals surface area contributed by atoms with E-state index in [2.05, 4.69) is 24.1 Å². The summed E-state index contributed by atoms with van der Waals surface area (Å²) in [7, 11) is -3.83. The molecule has 3 unspecified atom stereocenters. The Morgan fingerprint density at radius 2 is 1.76 bits per heavy atom. The summed E-state index contributed by atoms with van der Waals surface area (Å²) in [5.41, 5.74) is 2.23. The van der Waals surface area contributed by atoms with Gasteiger partial charge < -0.3 is 10.4 Å². The molecule has 3 atom stereocenters. The highest BCUT2D eigenvalue weighted by atomic mass is 32.2. The summed E-state index contributed by atoms with van der Waals surface area (Å²) in [5.74, 6) is -0.164. The molecule has 1 amide bonds. The molecule has 9 heteroatoms. The average Bonchev–Trinajstić information content (AvgIpc) is 2.89. The number of aromatic carboxylic acids is 1. The summed E-state index contributed by atoms with van der Waals surface area (Å²) >= 11 is 0. The predicted octanol–water partition coefficient (Wildman–Crippen LogP) is 4.15. The minimum Gasteiger partial charge on any atom is -0.478 e. The number of carbonyl (C=O) groups excluding carboxylic acids is 1. The van der Waals surface area contributed by atoms with E-state index < -0.39 is 16.0 Å². The van der Waals surface area contributed by atoms with E-state index in [1.807, 2.05) is 0 Å². The molecule has 2 aromatic rings. The molecule has 0 bridgehead atoms. The first-order valence-electron chi connectivity index (χ1n) is 13.7. The number of fused-ring (bicyclic) bond motifs is 2. The van der Waals surface area contributed by atoms with Crippen molar-refractivity contribution in [2.45, 2.75) is 82.6 Å². The lowest BCUT2D eigenvalue weighted by molar-refractivity contribution is -0.127. The summed E-state index contributed by atoms with van der Waals surface area (Å²) in [6.45, 7) is 4.98. The second kappa shape index (κ2) is 10.3. The van der Waals surface area contributed by atoms with Gasteiger partial charge in [-0.1, -0.05) is 26.7 Å². The highest BCUT2D eigenvalue weighted by Crippen LogP contribution is 2.33. The fourth-order valence-corrected chi connectivity index (χ4v) is 7.90.